The van der Waals surface area contributed by atoms with Crippen LogP contribution in [0.4, 0.5) is 5.69 Å². The Morgan fingerprint density at radius 1 is 1.41 bits per heavy atom. The van der Waals surface area contributed by atoms with E-state index >= 15 is 0 Å². The fraction of sp³-hybridized carbons (Fsp3) is 0.100. The number of aromatic nitrogens is 2. The third kappa shape index (κ3) is 2.67. The van der Waals surface area contributed by atoms with Crippen molar-refractivity contribution < 1.29 is 8.42 Å². The highest BCUT2D eigenvalue weighted by Gasteiger charge is 2.16. The molecule has 0 fully saturated rings. The molecule has 0 saturated carbocycles. The van der Waals surface area contributed by atoms with Gasteiger partial charge in [-0.1, -0.05) is 6.07 Å². The lowest BCUT2D eigenvalue weighted by Crippen LogP contribution is -2.13. The number of nitrogens with zero attached hydrogens (tertiary/aromatic N) is 1. The maximum absolute atomic E-state index is 11.9. The summed E-state index contributed by atoms with van der Waals surface area (Å²) in [6.07, 6.45) is 2.58. The van der Waals surface area contributed by atoms with E-state index in [-0.39, 0.29) is 5.03 Å². The van der Waals surface area contributed by atoms with Crippen LogP contribution in [-0.2, 0) is 10.0 Å². The highest BCUT2D eigenvalue weighted by atomic mass is 79.9. The molecule has 2 rings (SSSR count). The zero-order chi connectivity index (χ0) is 12.5. The summed E-state index contributed by atoms with van der Waals surface area (Å²) >= 11 is 3.29. The predicted molar refractivity (Wildman–Crippen MR) is 68.3 cm³/mol. The van der Waals surface area contributed by atoms with Crippen molar-refractivity contribution in [3.8, 4) is 0 Å². The van der Waals surface area contributed by atoms with Crippen molar-refractivity contribution in [1.29, 1.82) is 0 Å². The van der Waals surface area contributed by atoms with Crippen LogP contribution in [0.1, 0.15) is 5.56 Å². The van der Waals surface area contributed by atoms with E-state index in [2.05, 4.69) is 30.6 Å². The molecular weight excluding hydrogens is 306 g/mol. The van der Waals surface area contributed by atoms with Crippen molar-refractivity contribution in [2.45, 2.75) is 11.9 Å². The number of hydrogen-bond donors (Lipinski definition) is 2. The van der Waals surface area contributed by atoms with Gasteiger partial charge in [0.25, 0.3) is 10.0 Å². The molecule has 2 aromatic rings. The fourth-order valence-corrected chi connectivity index (χ4v) is 2.76. The number of sulfonamides is 1. The van der Waals surface area contributed by atoms with Gasteiger partial charge in [-0.3, -0.25) is 4.72 Å². The minimum absolute atomic E-state index is 0.0332. The zero-order valence-corrected chi connectivity index (χ0v) is 11.3. The maximum Gasteiger partial charge on any atom is 0.279 e. The second kappa shape index (κ2) is 4.50. The van der Waals surface area contributed by atoms with E-state index in [9.17, 15) is 8.42 Å². The van der Waals surface area contributed by atoms with Crippen LogP contribution in [0, 0.1) is 6.92 Å². The molecule has 0 aliphatic rings. The first kappa shape index (κ1) is 12.1. The maximum atomic E-state index is 11.9. The molecule has 2 N–H and O–H groups in total. The summed E-state index contributed by atoms with van der Waals surface area (Å²) in [6, 6.07) is 5.43. The Morgan fingerprint density at radius 3 is 2.82 bits per heavy atom. The predicted octanol–water partition coefficient (Wildman–Crippen LogP) is 2.28. The molecule has 5 nitrogen and oxygen atoms in total. The summed E-state index contributed by atoms with van der Waals surface area (Å²) in [5, 5.41) is 0.0332. The molecule has 0 aliphatic carbocycles. The minimum Gasteiger partial charge on any atom is -0.334 e. The molecule has 17 heavy (non-hydrogen) atoms. The smallest absolute Gasteiger partial charge is 0.279 e. The Hall–Kier alpha value is -1.34. The Labute approximate surface area is 107 Å². The summed E-state index contributed by atoms with van der Waals surface area (Å²) in [7, 11) is -3.61. The first-order valence-corrected chi connectivity index (χ1v) is 7.04. The summed E-state index contributed by atoms with van der Waals surface area (Å²) in [4.78, 5) is 6.24. The number of anilines is 1. The highest BCUT2D eigenvalue weighted by Crippen LogP contribution is 2.25. The van der Waals surface area contributed by atoms with E-state index < -0.39 is 10.0 Å². The molecule has 1 aromatic carbocycles. The number of aromatic amines is 1. The van der Waals surface area contributed by atoms with Gasteiger partial charge in [0.05, 0.1) is 18.2 Å². The number of hydrogen-bond acceptors (Lipinski definition) is 3. The molecule has 0 spiro atoms. The van der Waals surface area contributed by atoms with E-state index in [0.29, 0.717) is 10.2 Å². The van der Waals surface area contributed by atoms with Gasteiger partial charge in [0.2, 0.25) is 0 Å². The normalized spacial score (nSPS) is 11.4. The Kier molecular flexibility index (Phi) is 3.21. The first-order valence-electron chi connectivity index (χ1n) is 4.76. The molecule has 0 radical (unpaired) electrons. The molecule has 0 saturated heterocycles. The van der Waals surface area contributed by atoms with Gasteiger partial charge in [0.1, 0.15) is 0 Å². The van der Waals surface area contributed by atoms with Crippen molar-refractivity contribution in [1.82, 2.24) is 9.97 Å². The molecule has 1 aromatic heterocycles. The number of benzene rings is 1. The SMILES string of the molecule is Cc1ccc(Br)c(NS(=O)(=O)c2cnc[nH]2)c1. The van der Waals surface area contributed by atoms with Crippen LogP contribution in [0.2, 0.25) is 0 Å². The fourth-order valence-electron chi connectivity index (χ4n) is 1.31. The lowest BCUT2D eigenvalue weighted by molar-refractivity contribution is 0.598. The number of rotatable bonds is 3. The number of H-pyrrole nitrogens is 1. The van der Waals surface area contributed by atoms with E-state index in [1.165, 1.54) is 12.5 Å². The Bertz CT molecular complexity index is 623. The molecular formula is C10H10BrN3O2S. The van der Waals surface area contributed by atoms with Gasteiger partial charge in [-0.2, -0.15) is 8.42 Å². The standard InChI is InChI=1S/C10H10BrN3O2S/c1-7-2-3-8(11)9(4-7)14-17(15,16)10-5-12-6-13-10/h2-6,14H,1H3,(H,12,13). The van der Waals surface area contributed by atoms with Crippen LogP contribution in [0.25, 0.3) is 0 Å². The Morgan fingerprint density at radius 2 is 2.18 bits per heavy atom. The van der Waals surface area contributed by atoms with Crippen LogP contribution in [0.15, 0.2) is 40.2 Å². The van der Waals surface area contributed by atoms with E-state index in [4.69, 9.17) is 0 Å². The lowest BCUT2D eigenvalue weighted by Gasteiger charge is -2.08. The van der Waals surface area contributed by atoms with E-state index in [1.54, 1.807) is 12.1 Å². The topological polar surface area (TPSA) is 74.8 Å². The van der Waals surface area contributed by atoms with Crippen molar-refractivity contribution in [3.63, 3.8) is 0 Å². The Balaban J connectivity index is 2.36. The van der Waals surface area contributed by atoms with Crippen LogP contribution < -0.4 is 4.72 Å². The summed E-state index contributed by atoms with van der Waals surface area (Å²) in [5.74, 6) is 0. The number of nitrogens with one attached hydrogen (secondary N) is 2. The second-order valence-electron chi connectivity index (χ2n) is 3.50. The monoisotopic (exact) mass is 315 g/mol. The summed E-state index contributed by atoms with van der Waals surface area (Å²) < 4.78 is 27.0. The van der Waals surface area contributed by atoms with Gasteiger partial charge in [0, 0.05) is 4.47 Å². The quantitative estimate of drug-likeness (QED) is 0.912. The highest BCUT2D eigenvalue weighted by molar-refractivity contribution is 9.10. The van der Waals surface area contributed by atoms with E-state index in [0.717, 1.165) is 5.56 Å². The van der Waals surface area contributed by atoms with Crippen molar-refractivity contribution >= 4 is 31.6 Å². The van der Waals surface area contributed by atoms with Crippen molar-refractivity contribution in [3.05, 3.63) is 40.8 Å². The van der Waals surface area contributed by atoms with Crippen molar-refractivity contribution in [2.75, 3.05) is 4.72 Å². The molecule has 0 unspecified atom stereocenters. The zero-order valence-electron chi connectivity index (χ0n) is 8.94. The van der Waals surface area contributed by atoms with Crippen LogP contribution in [0.3, 0.4) is 0 Å². The average molecular weight is 316 g/mol. The second-order valence-corrected chi connectivity index (χ2v) is 6.01. The minimum atomic E-state index is -3.61. The summed E-state index contributed by atoms with van der Waals surface area (Å²) in [6.45, 7) is 1.89. The van der Waals surface area contributed by atoms with E-state index in [1.807, 2.05) is 13.0 Å². The van der Waals surface area contributed by atoms with Gasteiger partial charge in [-0.05, 0) is 40.5 Å². The third-order valence-corrected chi connectivity index (χ3v) is 4.11. The molecule has 0 atom stereocenters. The van der Waals surface area contributed by atoms with Crippen LogP contribution in [0.5, 0.6) is 0 Å². The van der Waals surface area contributed by atoms with Gasteiger partial charge in [0.15, 0.2) is 5.03 Å². The van der Waals surface area contributed by atoms with Gasteiger partial charge >= 0.3 is 0 Å². The molecule has 1 heterocycles. The average Bonchev–Trinajstić information content (AvgIpc) is 2.77. The van der Waals surface area contributed by atoms with Crippen LogP contribution >= 0.6 is 15.9 Å². The number of halogens is 1. The molecule has 7 heteroatoms. The van der Waals surface area contributed by atoms with Gasteiger partial charge in [-0.15, -0.1) is 0 Å². The van der Waals surface area contributed by atoms with Gasteiger partial charge < -0.3 is 4.98 Å². The van der Waals surface area contributed by atoms with Crippen molar-refractivity contribution in [2.24, 2.45) is 0 Å². The first-order chi connectivity index (χ1) is 7.99. The molecule has 0 bridgehead atoms. The van der Waals surface area contributed by atoms with Gasteiger partial charge in [-0.25, -0.2) is 4.98 Å². The largest absolute Gasteiger partial charge is 0.334 e. The third-order valence-electron chi connectivity index (χ3n) is 2.13. The molecule has 0 amide bonds. The lowest BCUT2D eigenvalue weighted by atomic mass is 10.2. The number of aryl methyl sites for hydroxylation is 1. The van der Waals surface area contributed by atoms with Crippen LogP contribution in [-0.4, -0.2) is 18.4 Å². The molecule has 0 aliphatic heterocycles. The molecule has 90 valence electrons. The number of imidazole rings is 1. The summed E-state index contributed by atoms with van der Waals surface area (Å²) in [5.41, 5.74) is 1.47.